The number of nitrogens with two attached hydrogens (primary N) is 1. The van der Waals surface area contributed by atoms with Crippen LogP contribution in [0, 0.1) is 19.8 Å². The van der Waals surface area contributed by atoms with Gasteiger partial charge in [0, 0.05) is 17.9 Å². The largest absolute Gasteiger partial charge is 0.348 e. The Balaban J connectivity index is 3.08. The first-order chi connectivity index (χ1) is 6.97. The molecule has 0 saturated carbocycles. The van der Waals surface area contributed by atoms with E-state index in [0.29, 0.717) is 11.5 Å². The number of hydrogen-bond donors (Lipinski definition) is 2. The lowest BCUT2D eigenvalue weighted by Gasteiger charge is -2.12. The van der Waals surface area contributed by atoms with Crippen LogP contribution in [-0.2, 0) is 6.54 Å². The van der Waals surface area contributed by atoms with Crippen LogP contribution >= 0.6 is 0 Å². The molecule has 0 aliphatic rings. The molecule has 4 nitrogen and oxygen atoms in total. The monoisotopic (exact) mass is 209 g/mol. The van der Waals surface area contributed by atoms with Crippen LogP contribution in [0.25, 0.3) is 0 Å². The summed E-state index contributed by atoms with van der Waals surface area (Å²) in [5.41, 5.74) is 4.90. The Morgan fingerprint density at radius 1 is 1.53 bits per heavy atom. The Morgan fingerprint density at radius 3 is 2.60 bits per heavy atom. The summed E-state index contributed by atoms with van der Waals surface area (Å²) in [6, 6.07) is 1.87. The second-order valence-corrected chi connectivity index (χ2v) is 4.26. The summed E-state index contributed by atoms with van der Waals surface area (Å²) < 4.78 is 2.15. The first-order valence-electron chi connectivity index (χ1n) is 5.15. The normalized spacial score (nSPS) is 10.8. The highest BCUT2D eigenvalue weighted by molar-refractivity contribution is 5.95. The van der Waals surface area contributed by atoms with Gasteiger partial charge in [0.1, 0.15) is 0 Å². The van der Waals surface area contributed by atoms with Crippen molar-refractivity contribution in [2.45, 2.75) is 34.2 Å². The van der Waals surface area contributed by atoms with Crippen LogP contribution in [0.15, 0.2) is 6.07 Å². The quantitative estimate of drug-likeness (QED) is 0.448. The molecule has 0 atom stereocenters. The van der Waals surface area contributed by atoms with E-state index in [-0.39, 0.29) is 5.91 Å². The molecular formula is C11H19N3O. The van der Waals surface area contributed by atoms with Crippen LogP contribution in [0.1, 0.15) is 35.6 Å². The van der Waals surface area contributed by atoms with Gasteiger partial charge in [-0.15, -0.1) is 0 Å². The van der Waals surface area contributed by atoms with Crippen molar-refractivity contribution in [1.29, 1.82) is 0 Å². The number of hydrogen-bond acceptors (Lipinski definition) is 2. The average molecular weight is 209 g/mol. The summed E-state index contributed by atoms with van der Waals surface area (Å²) in [6.07, 6.45) is 0. The molecule has 1 heterocycles. The van der Waals surface area contributed by atoms with E-state index in [4.69, 9.17) is 5.84 Å². The second kappa shape index (κ2) is 4.49. The summed E-state index contributed by atoms with van der Waals surface area (Å²) >= 11 is 0. The standard InChI is InChI=1S/C11H19N3O/c1-7(2)6-14-8(3)5-10(9(14)4)11(15)13-12/h5,7H,6,12H2,1-4H3,(H,13,15). The fourth-order valence-corrected chi connectivity index (χ4v) is 1.75. The SMILES string of the molecule is Cc1cc(C(=O)NN)c(C)n1CC(C)C. The molecule has 0 spiro atoms. The molecule has 0 radical (unpaired) electrons. The first kappa shape index (κ1) is 11.8. The number of nitrogens with one attached hydrogen (secondary N) is 1. The molecule has 15 heavy (non-hydrogen) atoms. The van der Waals surface area contributed by atoms with Crippen molar-refractivity contribution in [3.05, 3.63) is 23.0 Å². The number of amides is 1. The van der Waals surface area contributed by atoms with Crippen molar-refractivity contribution in [3.8, 4) is 0 Å². The fraction of sp³-hybridized carbons (Fsp3) is 0.545. The van der Waals surface area contributed by atoms with E-state index < -0.39 is 0 Å². The molecule has 0 aliphatic carbocycles. The van der Waals surface area contributed by atoms with Crippen molar-refractivity contribution in [3.63, 3.8) is 0 Å². The Kier molecular flexibility index (Phi) is 3.52. The molecule has 1 aromatic rings. The first-order valence-corrected chi connectivity index (χ1v) is 5.15. The van der Waals surface area contributed by atoms with Crippen LogP contribution in [0.3, 0.4) is 0 Å². The number of carbonyl (C=O) groups is 1. The van der Waals surface area contributed by atoms with Crippen molar-refractivity contribution in [2.24, 2.45) is 11.8 Å². The highest BCUT2D eigenvalue weighted by Gasteiger charge is 2.14. The van der Waals surface area contributed by atoms with Gasteiger partial charge in [-0.05, 0) is 25.8 Å². The molecule has 0 aliphatic heterocycles. The molecular weight excluding hydrogens is 190 g/mol. The zero-order valence-corrected chi connectivity index (χ0v) is 9.79. The van der Waals surface area contributed by atoms with Gasteiger partial charge in [0.25, 0.3) is 5.91 Å². The smallest absolute Gasteiger partial charge is 0.267 e. The summed E-state index contributed by atoms with van der Waals surface area (Å²) in [7, 11) is 0. The summed E-state index contributed by atoms with van der Waals surface area (Å²) in [5, 5.41) is 0. The number of hydrazine groups is 1. The van der Waals surface area contributed by atoms with Gasteiger partial charge in [-0.25, -0.2) is 5.84 Å². The van der Waals surface area contributed by atoms with Gasteiger partial charge in [0.2, 0.25) is 0 Å². The lowest BCUT2D eigenvalue weighted by molar-refractivity contribution is 0.0953. The topological polar surface area (TPSA) is 60.1 Å². The minimum Gasteiger partial charge on any atom is -0.348 e. The third-order valence-electron chi connectivity index (χ3n) is 2.50. The fourth-order valence-electron chi connectivity index (χ4n) is 1.75. The van der Waals surface area contributed by atoms with Gasteiger partial charge in [0.05, 0.1) is 5.56 Å². The van der Waals surface area contributed by atoms with Crippen molar-refractivity contribution in [1.82, 2.24) is 9.99 Å². The highest BCUT2D eigenvalue weighted by atomic mass is 16.2. The highest BCUT2D eigenvalue weighted by Crippen LogP contribution is 2.16. The Labute approximate surface area is 90.4 Å². The predicted octanol–water partition coefficient (Wildman–Crippen LogP) is 1.36. The maximum atomic E-state index is 11.4. The number of nitrogen functional groups attached to an aromatic ring is 1. The number of carbonyl (C=O) groups excluding carboxylic acids is 1. The Morgan fingerprint density at radius 2 is 2.13 bits per heavy atom. The Bertz CT molecular complexity index is 366. The van der Waals surface area contributed by atoms with Crippen molar-refractivity contribution >= 4 is 5.91 Å². The number of aromatic nitrogens is 1. The van der Waals surface area contributed by atoms with Crippen LogP contribution in [-0.4, -0.2) is 10.5 Å². The Hall–Kier alpha value is -1.29. The van der Waals surface area contributed by atoms with E-state index in [0.717, 1.165) is 17.9 Å². The molecule has 0 fully saturated rings. The minimum atomic E-state index is -0.224. The number of nitrogens with zero attached hydrogens (tertiary/aromatic N) is 1. The van der Waals surface area contributed by atoms with Crippen LogP contribution < -0.4 is 11.3 Å². The molecule has 0 bridgehead atoms. The van der Waals surface area contributed by atoms with Gasteiger partial charge in [-0.1, -0.05) is 13.8 Å². The number of aryl methyl sites for hydroxylation is 1. The lowest BCUT2D eigenvalue weighted by atomic mass is 10.2. The predicted molar refractivity (Wildman–Crippen MR) is 60.4 cm³/mol. The van der Waals surface area contributed by atoms with E-state index in [2.05, 4.69) is 23.8 Å². The van der Waals surface area contributed by atoms with Crippen LogP contribution in [0.2, 0.25) is 0 Å². The molecule has 1 aromatic heterocycles. The van der Waals surface area contributed by atoms with Gasteiger partial charge >= 0.3 is 0 Å². The third kappa shape index (κ3) is 2.39. The second-order valence-electron chi connectivity index (χ2n) is 4.26. The molecule has 84 valence electrons. The maximum Gasteiger partial charge on any atom is 0.267 e. The minimum absolute atomic E-state index is 0.224. The van der Waals surface area contributed by atoms with Crippen LogP contribution in [0.4, 0.5) is 0 Å². The summed E-state index contributed by atoms with van der Waals surface area (Å²) in [4.78, 5) is 11.4. The average Bonchev–Trinajstić information content (AvgIpc) is 2.44. The molecule has 1 amide bonds. The third-order valence-corrected chi connectivity index (χ3v) is 2.50. The van der Waals surface area contributed by atoms with E-state index in [1.807, 2.05) is 19.9 Å². The van der Waals surface area contributed by atoms with E-state index >= 15 is 0 Å². The summed E-state index contributed by atoms with van der Waals surface area (Å²) in [5.74, 6) is 5.46. The molecule has 3 N–H and O–H groups in total. The zero-order valence-electron chi connectivity index (χ0n) is 9.79. The van der Waals surface area contributed by atoms with Gasteiger partial charge in [-0.2, -0.15) is 0 Å². The number of rotatable bonds is 3. The maximum absolute atomic E-state index is 11.4. The van der Waals surface area contributed by atoms with Gasteiger partial charge in [-0.3, -0.25) is 10.2 Å². The molecule has 0 aromatic carbocycles. The van der Waals surface area contributed by atoms with E-state index in [9.17, 15) is 4.79 Å². The van der Waals surface area contributed by atoms with Crippen molar-refractivity contribution in [2.75, 3.05) is 0 Å². The molecule has 0 unspecified atom stereocenters. The van der Waals surface area contributed by atoms with E-state index in [1.165, 1.54) is 0 Å². The molecule has 4 heteroatoms. The van der Waals surface area contributed by atoms with Gasteiger partial charge < -0.3 is 4.57 Å². The van der Waals surface area contributed by atoms with Crippen molar-refractivity contribution < 1.29 is 4.79 Å². The van der Waals surface area contributed by atoms with Crippen LogP contribution in [0.5, 0.6) is 0 Å². The zero-order chi connectivity index (χ0) is 11.6. The molecule has 1 rings (SSSR count). The summed E-state index contributed by atoms with van der Waals surface area (Å²) in [6.45, 7) is 9.18. The van der Waals surface area contributed by atoms with Gasteiger partial charge in [0.15, 0.2) is 0 Å². The lowest BCUT2D eigenvalue weighted by Crippen LogP contribution is -2.30. The molecule has 0 saturated heterocycles. The van der Waals surface area contributed by atoms with E-state index in [1.54, 1.807) is 0 Å².